The Bertz CT molecular complexity index is 1230. The highest BCUT2D eigenvalue weighted by Gasteiger charge is 2.25. The monoisotopic (exact) mass is 536 g/mol. The predicted octanol–water partition coefficient (Wildman–Crippen LogP) is 3.97. The molecule has 0 unspecified atom stereocenters. The highest BCUT2D eigenvalue weighted by Crippen LogP contribution is 2.21. The smallest absolute Gasteiger partial charge is 0.273 e. The lowest BCUT2D eigenvalue weighted by Crippen LogP contribution is -2.47. The first kappa shape index (κ1) is 27.4. The maximum atomic E-state index is 13.7. The Labute approximate surface area is 226 Å². The summed E-state index contributed by atoms with van der Waals surface area (Å²) in [5.41, 5.74) is 1.56. The summed E-state index contributed by atoms with van der Waals surface area (Å²) in [6, 6.07) is 18.2. The maximum absolute atomic E-state index is 13.7. The number of carbonyl (C=O) groups excluding carboxylic acids is 2. The van der Waals surface area contributed by atoms with E-state index < -0.39 is 10.8 Å². The minimum absolute atomic E-state index is 0.112. The molecule has 2 amide bonds. The van der Waals surface area contributed by atoms with Gasteiger partial charge in [0.2, 0.25) is 5.91 Å². The largest absolute Gasteiger partial charge is 0.379 e. The quantitative estimate of drug-likeness (QED) is 0.272. The van der Waals surface area contributed by atoms with Crippen molar-refractivity contribution in [2.24, 2.45) is 0 Å². The average molecular weight is 537 g/mol. The zero-order valence-corrected chi connectivity index (χ0v) is 22.3. The van der Waals surface area contributed by atoms with Crippen LogP contribution in [0.3, 0.4) is 0 Å². The van der Waals surface area contributed by atoms with E-state index in [-0.39, 0.29) is 23.7 Å². The molecule has 1 aliphatic heterocycles. The highest BCUT2D eigenvalue weighted by atomic mass is 32.1. The number of carbonyl (C=O) groups is 2. The summed E-state index contributed by atoms with van der Waals surface area (Å²) in [4.78, 5) is 44.8. The lowest BCUT2D eigenvalue weighted by Gasteiger charge is -2.31. The molecule has 0 atom stereocenters. The number of ether oxygens (including phenoxy) is 1. The van der Waals surface area contributed by atoms with E-state index in [1.807, 2.05) is 47.8 Å². The van der Waals surface area contributed by atoms with Crippen LogP contribution in [0, 0.1) is 17.0 Å². The third kappa shape index (κ3) is 7.47. The summed E-state index contributed by atoms with van der Waals surface area (Å²) in [6.45, 7) is 6.04. The number of nitro groups is 1. The second-order valence-corrected chi connectivity index (χ2v) is 10.3. The molecule has 0 aliphatic carbocycles. The highest BCUT2D eigenvalue weighted by molar-refractivity contribution is 7.09. The van der Waals surface area contributed by atoms with Gasteiger partial charge in [-0.1, -0.05) is 42.5 Å². The fraction of sp³-hybridized carbons (Fsp3) is 0.357. The summed E-state index contributed by atoms with van der Waals surface area (Å²) in [7, 11) is 0. The molecule has 0 spiro atoms. The van der Waals surface area contributed by atoms with Crippen LogP contribution in [-0.4, -0.2) is 77.4 Å². The van der Waals surface area contributed by atoms with Crippen molar-refractivity contribution in [2.75, 3.05) is 45.9 Å². The van der Waals surface area contributed by atoms with Crippen molar-refractivity contribution in [1.29, 1.82) is 0 Å². The van der Waals surface area contributed by atoms with Crippen molar-refractivity contribution >= 4 is 28.8 Å². The lowest BCUT2D eigenvalue weighted by atomic mass is 10.1. The van der Waals surface area contributed by atoms with Crippen molar-refractivity contribution in [2.45, 2.75) is 20.0 Å². The molecule has 3 aromatic rings. The number of nitrogens with zero attached hydrogens (tertiary/aromatic N) is 4. The van der Waals surface area contributed by atoms with Gasteiger partial charge in [0, 0.05) is 54.8 Å². The SMILES string of the molecule is Cc1ccc(C(=O)N(CCN2CCOCC2)CC(=O)N(Cc2ccccc2)Cc2cccs2)cc1[N+](=O)[O-]. The van der Waals surface area contributed by atoms with Crippen LogP contribution in [0.1, 0.15) is 26.4 Å². The van der Waals surface area contributed by atoms with Gasteiger partial charge >= 0.3 is 0 Å². The molecule has 200 valence electrons. The number of aryl methyl sites for hydroxylation is 1. The predicted molar refractivity (Wildman–Crippen MR) is 146 cm³/mol. The molecule has 1 saturated heterocycles. The first-order valence-corrected chi connectivity index (χ1v) is 13.5. The second-order valence-electron chi connectivity index (χ2n) is 9.25. The molecule has 4 rings (SSSR count). The fourth-order valence-corrected chi connectivity index (χ4v) is 5.07. The van der Waals surface area contributed by atoms with Gasteiger partial charge in [-0.3, -0.25) is 24.6 Å². The number of rotatable bonds is 11. The number of thiophene rings is 1. The minimum Gasteiger partial charge on any atom is -0.379 e. The Morgan fingerprint density at radius 2 is 1.79 bits per heavy atom. The van der Waals surface area contributed by atoms with E-state index in [9.17, 15) is 19.7 Å². The van der Waals surface area contributed by atoms with Crippen molar-refractivity contribution in [3.8, 4) is 0 Å². The molecule has 38 heavy (non-hydrogen) atoms. The summed E-state index contributed by atoms with van der Waals surface area (Å²) in [6.07, 6.45) is 0. The van der Waals surface area contributed by atoms with Crippen molar-refractivity contribution in [1.82, 2.24) is 14.7 Å². The van der Waals surface area contributed by atoms with Crippen LogP contribution >= 0.6 is 11.3 Å². The van der Waals surface area contributed by atoms with E-state index in [1.54, 1.807) is 35.3 Å². The van der Waals surface area contributed by atoms with E-state index >= 15 is 0 Å². The lowest BCUT2D eigenvalue weighted by molar-refractivity contribution is -0.385. The first-order valence-electron chi connectivity index (χ1n) is 12.6. The summed E-state index contributed by atoms with van der Waals surface area (Å²) >= 11 is 1.58. The van der Waals surface area contributed by atoms with Crippen LogP contribution in [0.15, 0.2) is 66.0 Å². The van der Waals surface area contributed by atoms with Gasteiger partial charge < -0.3 is 14.5 Å². The minimum atomic E-state index is -0.488. The van der Waals surface area contributed by atoms with Gasteiger partial charge in [0.05, 0.1) is 24.7 Å². The maximum Gasteiger partial charge on any atom is 0.273 e. The Kier molecular flexibility index (Phi) is 9.58. The van der Waals surface area contributed by atoms with Crippen molar-refractivity contribution in [3.05, 3.63) is 97.7 Å². The van der Waals surface area contributed by atoms with Crippen LogP contribution in [-0.2, 0) is 22.6 Å². The molecule has 1 fully saturated rings. The molecule has 1 aromatic heterocycles. The van der Waals surface area contributed by atoms with Crippen LogP contribution < -0.4 is 0 Å². The Morgan fingerprint density at radius 1 is 1.03 bits per heavy atom. The normalized spacial score (nSPS) is 13.7. The van der Waals surface area contributed by atoms with E-state index in [0.29, 0.717) is 45.0 Å². The molecule has 0 radical (unpaired) electrons. The Hall–Kier alpha value is -3.60. The van der Waals surface area contributed by atoms with Crippen LogP contribution in [0.2, 0.25) is 0 Å². The summed E-state index contributed by atoms with van der Waals surface area (Å²) < 4.78 is 5.43. The molecule has 0 bridgehead atoms. The van der Waals surface area contributed by atoms with E-state index in [2.05, 4.69) is 4.90 Å². The number of nitro benzene ring substituents is 1. The number of hydrogen-bond acceptors (Lipinski definition) is 7. The fourth-order valence-electron chi connectivity index (χ4n) is 4.35. The second kappa shape index (κ2) is 13.3. The van der Waals surface area contributed by atoms with Crippen LogP contribution in [0.5, 0.6) is 0 Å². The van der Waals surface area contributed by atoms with Crippen molar-refractivity contribution in [3.63, 3.8) is 0 Å². The Balaban J connectivity index is 1.56. The summed E-state index contributed by atoms with van der Waals surface area (Å²) in [5, 5.41) is 13.5. The number of morpholine rings is 1. The Morgan fingerprint density at radius 3 is 2.47 bits per heavy atom. The van der Waals surface area contributed by atoms with Gasteiger partial charge in [0.15, 0.2) is 0 Å². The molecule has 10 heteroatoms. The zero-order valence-electron chi connectivity index (χ0n) is 21.5. The molecule has 1 aliphatic rings. The molecule has 2 aromatic carbocycles. The van der Waals surface area contributed by atoms with Crippen molar-refractivity contribution < 1.29 is 19.2 Å². The van der Waals surface area contributed by atoms with Gasteiger partial charge in [0.25, 0.3) is 11.6 Å². The topological polar surface area (TPSA) is 96.2 Å². The standard InChI is InChI=1S/C28H32N4O5S/c1-22-9-10-24(18-26(22)32(35)36)28(34)30(12-11-29-13-15-37-16-14-29)21-27(33)31(20-25-8-5-17-38-25)19-23-6-3-2-4-7-23/h2-10,17-18H,11-16,19-21H2,1H3. The molecule has 2 heterocycles. The van der Waals surface area contributed by atoms with Crippen LogP contribution in [0.25, 0.3) is 0 Å². The molecular formula is C28H32N4O5S. The number of hydrogen-bond donors (Lipinski definition) is 0. The molecule has 0 N–H and O–H groups in total. The van der Waals surface area contributed by atoms with Gasteiger partial charge in [-0.25, -0.2) is 0 Å². The summed E-state index contributed by atoms with van der Waals surface area (Å²) in [5.74, 6) is -0.579. The van der Waals surface area contributed by atoms with E-state index in [0.717, 1.165) is 23.5 Å². The van der Waals surface area contributed by atoms with E-state index in [1.165, 1.54) is 11.0 Å². The average Bonchev–Trinajstić information content (AvgIpc) is 3.44. The van der Waals surface area contributed by atoms with Gasteiger partial charge in [-0.2, -0.15) is 0 Å². The van der Waals surface area contributed by atoms with E-state index in [4.69, 9.17) is 4.74 Å². The van der Waals surface area contributed by atoms with Gasteiger partial charge in [0.1, 0.15) is 6.54 Å². The number of benzene rings is 2. The third-order valence-electron chi connectivity index (χ3n) is 6.55. The van der Waals surface area contributed by atoms with Gasteiger partial charge in [-0.15, -0.1) is 11.3 Å². The molecular weight excluding hydrogens is 504 g/mol. The van der Waals surface area contributed by atoms with Gasteiger partial charge in [-0.05, 0) is 30.0 Å². The first-order chi connectivity index (χ1) is 18.4. The number of amides is 2. The third-order valence-corrected chi connectivity index (χ3v) is 7.41. The zero-order chi connectivity index (χ0) is 26.9. The molecule has 9 nitrogen and oxygen atoms in total. The van der Waals surface area contributed by atoms with Crippen LogP contribution in [0.4, 0.5) is 5.69 Å². The molecule has 0 saturated carbocycles.